The zero-order valence-corrected chi connectivity index (χ0v) is 13.8. The van der Waals surface area contributed by atoms with Crippen molar-refractivity contribution in [1.82, 2.24) is 0 Å². The zero-order chi connectivity index (χ0) is 13.9. The molecule has 0 fully saturated rings. The third kappa shape index (κ3) is 3.95. The molecule has 1 rings (SSSR count). The van der Waals surface area contributed by atoms with Crippen LogP contribution in [0.5, 0.6) is 0 Å². The van der Waals surface area contributed by atoms with Crippen LogP contribution < -0.4 is 11.5 Å². The summed E-state index contributed by atoms with van der Waals surface area (Å²) in [7, 11) is 0. The van der Waals surface area contributed by atoms with E-state index in [-0.39, 0.29) is 18.4 Å². The van der Waals surface area contributed by atoms with Gasteiger partial charge in [0.1, 0.15) is 0 Å². The topological polar surface area (TPSA) is 52.0 Å². The number of halogens is 1. The van der Waals surface area contributed by atoms with Crippen molar-refractivity contribution in [2.45, 2.75) is 59.9 Å². The first-order chi connectivity index (χ1) is 8.41. The Morgan fingerprint density at radius 1 is 0.789 bits per heavy atom. The van der Waals surface area contributed by atoms with Gasteiger partial charge >= 0.3 is 0 Å². The van der Waals surface area contributed by atoms with Crippen molar-refractivity contribution in [2.24, 2.45) is 11.5 Å². The second-order valence-electron chi connectivity index (χ2n) is 5.43. The Bertz CT molecular complexity index is 398. The number of hydrogen-bond donors (Lipinski definition) is 2. The predicted molar refractivity (Wildman–Crippen MR) is 87.2 cm³/mol. The van der Waals surface area contributed by atoms with E-state index in [0.29, 0.717) is 0 Å². The van der Waals surface area contributed by atoms with E-state index in [0.717, 1.165) is 25.8 Å². The molecular formula is C16H29ClN2. The molecule has 0 saturated heterocycles. The van der Waals surface area contributed by atoms with Gasteiger partial charge in [-0.1, -0.05) is 6.42 Å². The SMILES string of the molecule is Cc1c(C)c(C)c([C@H](N)CCCCN)c(C)c1C.Cl. The van der Waals surface area contributed by atoms with E-state index in [9.17, 15) is 0 Å². The number of benzene rings is 1. The fourth-order valence-electron chi connectivity index (χ4n) is 2.74. The monoisotopic (exact) mass is 284 g/mol. The van der Waals surface area contributed by atoms with Crippen LogP contribution in [-0.2, 0) is 0 Å². The van der Waals surface area contributed by atoms with Gasteiger partial charge in [0.25, 0.3) is 0 Å². The Labute approximate surface area is 124 Å². The van der Waals surface area contributed by atoms with Gasteiger partial charge in [-0.25, -0.2) is 0 Å². The maximum absolute atomic E-state index is 6.38. The summed E-state index contributed by atoms with van der Waals surface area (Å²) >= 11 is 0. The second-order valence-corrected chi connectivity index (χ2v) is 5.43. The smallest absolute Gasteiger partial charge is 0.0300 e. The van der Waals surface area contributed by atoms with Gasteiger partial charge < -0.3 is 11.5 Å². The highest BCUT2D eigenvalue weighted by Gasteiger charge is 2.17. The van der Waals surface area contributed by atoms with E-state index in [1.807, 2.05) is 0 Å². The van der Waals surface area contributed by atoms with Crippen LogP contribution in [0.1, 0.15) is 58.7 Å². The number of unbranched alkanes of at least 4 members (excludes halogenated alkanes) is 1. The Morgan fingerprint density at radius 2 is 1.21 bits per heavy atom. The summed E-state index contributed by atoms with van der Waals surface area (Å²) < 4.78 is 0. The molecule has 1 aromatic rings. The lowest BCUT2D eigenvalue weighted by molar-refractivity contribution is 0.585. The summed E-state index contributed by atoms with van der Waals surface area (Å²) in [4.78, 5) is 0. The third-order valence-electron chi connectivity index (χ3n) is 4.40. The molecule has 4 N–H and O–H groups in total. The molecule has 0 heterocycles. The van der Waals surface area contributed by atoms with Crippen LogP contribution in [0.4, 0.5) is 0 Å². The number of hydrogen-bond acceptors (Lipinski definition) is 2. The minimum atomic E-state index is 0. The first-order valence-corrected chi connectivity index (χ1v) is 6.94. The molecule has 1 atom stereocenters. The molecule has 0 spiro atoms. The van der Waals surface area contributed by atoms with Crippen molar-refractivity contribution in [3.05, 3.63) is 33.4 Å². The highest BCUT2D eigenvalue weighted by Crippen LogP contribution is 2.31. The van der Waals surface area contributed by atoms with Gasteiger partial charge in [0.2, 0.25) is 0 Å². The lowest BCUT2D eigenvalue weighted by atomic mass is 9.85. The van der Waals surface area contributed by atoms with Crippen LogP contribution in [-0.4, -0.2) is 6.54 Å². The van der Waals surface area contributed by atoms with Crippen LogP contribution >= 0.6 is 12.4 Å². The van der Waals surface area contributed by atoms with Gasteiger partial charge in [0.15, 0.2) is 0 Å². The lowest BCUT2D eigenvalue weighted by Gasteiger charge is -2.23. The second kappa shape index (κ2) is 7.88. The van der Waals surface area contributed by atoms with Gasteiger partial charge in [-0.15, -0.1) is 12.4 Å². The summed E-state index contributed by atoms with van der Waals surface area (Å²) in [6.07, 6.45) is 3.21. The van der Waals surface area contributed by atoms with Crippen molar-refractivity contribution in [1.29, 1.82) is 0 Å². The molecule has 0 saturated carbocycles. The predicted octanol–water partition coefficient (Wildman–Crippen LogP) is 3.78. The summed E-state index contributed by atoms with van der Waals surface area (Å²) in [5, 5.41) is 0. The van der Waals surface area contributed by atoms with Gasteiger partial charge in [-0.2, -0.15) is 0 Å². The van der Waals surface area contributed by atoms with Crippen molar-refractivity contribution in [3.8, 4) is 0 Å². The molecule has 3 heteroatoms. The first kappa shape index (κ1) is 18.4. The van der Waals surface area contributed by atoms with Gasteiger partial charge in [-0.05, 0) is 87.4 Å². The molecule has 0 aliphatic rings. The van der Waals surface area contributed by atoms with Crippen LogP contribution in [0.15, 0.2) is 0 Å². The Kier molecular flexibility index (Phi) is 7.65. The average Bonchev–Trinajstić information content (AvgIpc) is 2.34. The molecule has 0 aliphatic heterocycles. The highest BCUT2D eigenvalue weighted by atomic mass is 35.5. The van der Waals surface area contributed by atoms with E-state index in [1.165, 1.54) is 33.4 Å². The van der Waals surface area contributed by atoms with Gasteiger partial charge in [-0.3, -0.25) is 0 Å². The minimum Gasteiger partial charge on any atom is -0.330 e. The van der Waals surface area contributed by atoms with Crippen molar-refractivity contribution in [2.75, 3.05) is 6.54 Å². The molecular weight excluding hydrogens is 256 g/mol. The Morgan fingerprint density at radius 3 is 1.63 bits per heavy atom. The standard InChI is InChI=1S/C16H28N2.ClH/c1-10-11(2)13(4)16(14(5)12(10)3)15(18)8-6-7-9-17;/h15H,6-9,17-18H2,1-5H3;1H/t15-;/m1./s1. The molecule has 110 valence electrons. The fraction of sp³-hybridized carbons (Fsp3) is 0.625. The third-order valence-corrected chi connectivity index (χ3v) is 4.40. The van der Waals surface area contributed by atoms with Crippen LogP contribution in [0, 0.1) is 34.6 Å². The summed E-state index contributed by atoms with van der Waals surface area (Å²) in [6, 6.07) is 0.148. The van der Waals surface area contributed by atoms with E-state index in [2.05, 4.69) is 34.6 Å². The minimum absolute atomic E-state index is 0. The average molecular weight is 285 g/mol. The van der Waals surface area contributed by atoms with Crippen molar-refractivity contribution in [3.63, 3.8) is 0 Å². The van der Waals surface area contributed by atoms with Crippen molar-refractivity contribution >= 4 is 12.4 Å². The molecule has 1 aromatic carbocycles. The molecule has 0 bridgehead atoms. The van der Waals surface area contributed by atoms with Gasteiger partial charge in [0, 0.05) is 6.04 Å². The Hall–Kier alpha value is -0.570. The quantitative estimate of drug-likeness (QED) is 0.809. The van der Waals surface area contributed by atoms with Crippen LogP contribution in [0.2, 0.25) is 0 Å². The normalized spacial score (nSPS) is 12.2. The van der Waals surface area contributed by atoms with E-state index in [4.69, 9.17) is 11.5 Å². The molecule has 0 aromatic heterocycles. The molecule has 0 radical (unpaired) electrons. The molecule has 0 unspecified atom stereocenters. The highest BCUT2D eigenvalue weighted by molar-refractivity contribution is 5.85. The summed E-state index contributed by atoms with van der Waals surface area (Å²) in [5.41, 5.74) is 20.2. The van der Waals surface area contributed by atoms with E-state index in [1.54, 1.807) is 0 Å². The number of nitrogens with two attached hydrogens (primary N) is 2. The fourth-order valence-corrected chi connectivity index (χ4v) is 2.74. The summed E-state index contributed by atoms with van der Waals surface area (Å²) in [5.74, 6) is 0. The largest absolute Gasteiger partial charge is 0.330 e. The first-order valence-electron chi connectivity index (χ1n) is 6.94. The zero-order valence-electron chi connectivity index (χ0n) is 13.0. The van der Waals surface area contributed by atoms with E-state index < -0.39 is 0 Å². The number of rotatable bonds is 5. The molecule has 2 nitrogen and oxygen atoms in total. The van der Waals surface area contributed by atoms with E-state index >= 15 is 0 Å². The maximum Gasteiger partial charge on any atom is 0.0300 e. The van der Waals surface area contributed by atoms with Crippen LogP contribution in [0.3, 0.4) is 0 Å². The maximum atomic E-state index is 6.38. The van der Waals surface area contributed by atoms with Crippen LogP contribution in [0.25, 0.3) is 0 Å². The Balaban J connectivity index is 0.00000324. The molecule has 0 aliphatic carbocycles. The molecule has 0 amide bonds. The molecule has 19 heavy (non-hydrogen) atoms. The van der Waals surface area contributed by atoms with Crippen molar-refractivity contribution < 1.29 is 0 Å². The summed E-state index contributed by atoms with van der Waals surface area (Å²) in [6.45, 7) is 11.8. The lowest BCUT2D eigenvalue weighted by Crippen LogP contribution is -2.16. The van der Waals surface area contributed by atoms with Gasteiger partial charge in [0.05, 0.1) is 0 Å².